The van der Waals surface area contributed by atoms with E-state index in [9.17, 15) is 0 Å². The van der Waals surface area contributed by atoms with Crippen molar-refractivity contribution in [2.75, 3.05) is 6.54 Å². The van der Waals surface area contributed by atoms with Crippen molar-refractivity contribution in [2.45, 2.75) is 32.9 Å². The molecule has 0 unspecified atom stereocenters. The van der Waals surface area contributed by atoms with Gasteiger partial charge >= 0.3 is 0 Å². The Morgan fingerprint density at radius 2 is 1.73 bits per heavy atom. The number of nitrogens with zero attached hydrogens (tertiary/aromatic N) is 1. The van der Waals surface area contributed by atoms with Crippen molar-refractivity contribution in [3.63, 3.8) is 0 Å². The average molecular weight is 244 g/mol. The molecule has 2 rings (SSSR count). The van der Waals surface area contributed by atoms with Crippen molar-refractivity contribution in [1.82, 2.24) is 4.90 Å². The van der Waals surface area contributed by atoms with Crippen LogP contribution in [0.1, 0.15) is 25.0 Å². The second-order valence-corrected chi connectivity index (χ2v) is 5.11. The zero-order chi connectivity index (χ0) is 11.0. The summed E-state index contributed by atoms with van der Waals surface area (Å²) in [7, 11) is 0. The van der Waals surface area contributed by atoms with E-state index in [1.807, 2.05) is 12.1 Å². The van der Waals surface area contributed by atoms with Crippen LogP contribution >= 0.6 is 23.2 Å². The van der Waals surface area contributed by atoms with Crippen LogP contribution in [0.15, 0.2) is 12.1 Å². The van der Waals surface area contributed by atoms with Gasteiger partial charge < -0.3 is 0 Å². The summed E-state index contributed by atoms with van der Waals surface area (Å²) in [5.74, 6) is 0. The van der Waals surface area contributed by atoms with E-state index in [0.29, 0.717) is 6.04 Å². The zero-order valence-electron chi connectivity index (χ0n) is 9.06. The minimum absolute atomic E-state index is 0.563. The summed E-state index contributed by atoms with van der Waals surface area (Å²) in [6, 6.07) is 4.36. The lowest BCUT2D eigenvalue weighted by molar-refractivity contribution is 0.203. The van der Waals surface area contributed by atoms with E-state index in [4.69, 9.17) is 23.2 Å². The normalized spacial score (nSPS) is 16.9. The number of hydrogen-bond acceptors (Lipinski definition) is 1. The molecule has 0 atom stereocenters. The molecule has 3 heteroatoms. The SMILES string of the molecule is CC(C)N1CCc2c(Cl)ccc(Cl)c2C1. The van der Waals surface area contributed by atoms with Gasteiger partial charge in [0.25, 0.3) is 0 Å². The van der Waals surface area contributed by atoms with Gasteiger partial charge in [0.1, 0.15) is 0 Å². The summed E-state index contributed by atoms with van der Waals surface area (Å²) in [5, 5.41) is 1.71. The highest BCUT2D eigenvalue weighted by atomic mass is 35.5. The van der Waals surface area contributed by atoms with Crippen LogP contribution in [0, 0.1) is 0 Å². The molecule has 0 aliphatic carbocycles. The number of halogens is 2. The molecule has 0 saturated heterocycles. The highest BCUT2D eigenvalue weighted by molar-refractivity contribution is 6.34. The topological polar surface area (TPSA) is 3.24 Å². The van der Waals surface area contributed by atoms with Gasteiger partial charge in [0, 0.05) is 29.2 Å². The summed E-state index contributed by atoms with van der Waals surface area (Å²) in [6.07, 6.45) is 1.01. The Morgan fingerprint density at radius 1 is 1.13 bits per heavy atom. The van der Waals surface area contributed by atoms with Crippen molar-refractivity contribution in [2.24, 2.45) is 0 Å². The minimum Gasteiger partial charge on any atom is -0.296 e. The van der Waals surface area contributed by atoms with Crippen molar-refractivity contribution in [3.05, 3.63) is 33.3 Å². The lowest BCUT2D eigenvalue weighted by Crippen LogP contribution is -2.36. The van der Waals surface area contributed by atoms with Crippen LogP contribution in [0.3, 0.4) is 0 Å². The minimum atomic E-state index is 0.563. The lowest BCUT2D eigenvalue weighted by atomic mass is 9.99. The Kier molecular flexibility index (Phi) is 3.24. The zero-order valence-corrected chi connectivity index (χ0v) is 10.6. The molecule has 0 bridgehead atoms. The van der Waals surface area contributed by atoms with E-state index in [1.54, 1.807) is 0 Å². The number of rotatable bonds is 1. The molecule has 82 valence electrons. The van der Waals surface area contributed by atoms with Gasteiger partial charge in [-0.15, -0.1) is 0 Å². The molecule has 1 aliphatic heterocycles. The molecule has 15 heavy (non-hydrogen) atoms. The van der Waals surface area contributed by atoms with Gasteiger partial charge in [-0.25, -0.2) is 0 Å². The van der Waals surface area contributed by atoms with Crippen LogP contribution in [0.4, 0.5) is 0 Å². The fourth-order valence-electron chi connectivity index (χ4n) is 2.06. The second-order valence-electron chi connectivity index (χ2n) is 4.30. The van der Waals surface area contributed by atoms with Crippen LogP contribution < -0.4 is 0 Å². The number of hydrogen-bond donors (Lipinski definition) is 0. The van der Waals surface area contributed by atoms with Crippen LogP contribution in [0.25, 0.3) is 0 Å². The lowest BCUT2D eigenvalue weighted by Gasteiger charge is -2.32. The third kappa shape index (κ3) is 2.15. The first-order valence-electron chi connectivity index (χ1n) is 5.29. The Bertz CT molecular complexity index is 374. The highest BCUT2D eigenvalue weighted by Crippen LogP contribution is 2.32. The Morgan fingerprint density at radius 3 is 2.33 bits per heavy atom. The molecule has 1 aromatic rings. The molecule has 0 saturated carbocycles. The van der Waals surface area contributed by atoms with E-state index >= 15 is 0 Å². The fourth-order valence-corrected chi connectivity index (χ4v) is 2.56. The average Bonchev–Trinajstić information content (AvgIpc) is 2.23. The van der Waals surface area contributed by atoms with Crippen LogP contribution in [-0.2, 0) is 13.0 Å². The van der Waals surface area contributed by atoms with E-state index in [2.05, 4.69) is 18.7 Å². The molecule has 0 radical (unpaired) electrons. The molecule has 0 fully saturated rings. The molecular formula is C12H15Cl2N. The molecule has 0 spiro atoms. The summed E-state index contributed by atoms with van der Waals surface area (Å²) in [5.41, 5.74) is 2.45. The quantitative estimate of drug-likeness (QED) is 0.727. The van der Waals surface area contributed by atoms with Crippen LogP contribution in [-0.4, -0.2) is 17.5 Å². The van der Waals surface area contributed by atoms with E-state index in [0.717, 1.165) is 29.6 Å². The number of fused-ring (bicyclic) bond motifs is 1. The van der Waals surface area contributed by atoms with Crippen molar-refractivity contribution in [1.29, 1.82) is 0 Å². The van der Waals surface area contributed by atoms with Gasteiger partial charge in [0.05, 0.1) is 0 Å². The molecule has 1 nitrogen and oxygen atoms in total. The van der Waals surface area contributed by atoms with E-state index in [1.165, 1.54) is 11.1 Å². The standard InChI is InChI=1S/C12H15Cl2N/c1-8(2)15-6-5-9-10(7-15)12(14)4-3-11(9)13/h3-4,8H,5-7H2,1-2H3. The maximum atomic E-state index is 6.20. The first-order valence-corrected chi connectivity index (χ1v) is 6.05. The van der Waals surface area contributed by atoms with Gasteiger partial charge in [0.2, 0.25) is 0 Å². The van der Waals surface area contributed by atoms with E-state index in [-0.39, 0.29) is 0 Å². The summed E-state index contributed by atoms with van der Waals surface area (Å²) < 4.78 is 0. The Balaban J connectivity index is 2.36. The second kappa shape index (κ2) is 4.32. The van der Waals surface area contributed by atoms with Crippen molar-refractivity contribution >= 4 is 23.2 Å². The summed E-state index contributed by atoms with van der Waals surface area (Å²) in [4.78, 5) is 2.42. The van der Waals surface area contributed by atoms with Crippen LogP contribution in [0.2, 0.25) is 10.0 Å². The molecule has 0 aromatic heterocycles. The highest BCUT2D eigenvalue weighted by Gasteiger charge is 2.21. The maximum Gasteiger partial charge on any atom is 0.0454 e. The molecule has 1 aliphatic rings. The monoisotopic (exact) mass is 243 g/mol. The summed E-state index contributed by atoms with van der Waals surface area (Å²) in [6.45, 7) is 6.42. The molecule has 0 amide bonds. The Labute approximate surface area is 101 Å². The van der Waals surface area contributed by atoms with Gasteiger partial charge in [-0.3, -0.25) is 4.90 Å². The van der Waals surface area contributed by atoms with Crippen LogP contribution in [0.5, 0.6) is 0 Å². The smallest absolute Gasteiger partial charge is 0.0454 e. The molecular weight excluding hydrogens is 229 g/mol. The third-order valence-electron chi connectivity index (χ3n) is 3.06. The third-order valence-corrected chi connectivity index (χ3v) is 3.77. The first-order chi connectivity index (χ1) is 7.09. The van der Waals surface area contributed by atoms with Crippen molar-refractivity contribution in [3.8, 4) is 0 Å². The van der Waals surface area contributed by atoms with Gasteiger partial charge in [-0.05, 0) is 43.5 Å². The van der Waals surface area contributed by atoms with E-state index < -0.39 is 0 Å². The Hall–Kier alpha value is -0.240. The van der Waals surface area contributed by atoms with Gasteiger partial charge in [-0.2, -0.15) is 0 Å². The largest absolute Gasteiger partial charge is 0.296 e. The van der Waals surface area contributed by atoms with Gasteiger partial charge in [0.15, 0.2) is 0 Å². The molecule has 0 N–H and O–H groups in total. The fraction of sp³-hybridized carbons (Fsp3) is 0.500. The molecule has 1 aromatic carbocycles. The van der Waals surface area contributed by atoms with Crippen molar-refractivity contribution < 1.29 is 0 Å². The summed E-state index contributed by atoms with van der Waals surface area (Å²) >= 11 is 12.4. The van der Waals surface area contributed by atoms with Gasteiger partial charge in [-0.1, -0.05) is 23.2 Å². The predicted octanol–water partition coefficient (Wildman–Crippen LogP) is 3.76. The first kappa shape index (κ1) is 11.3. The predicted molar refractivity (Wildman–Crippen MR) is 65.7 cm³/mol. The molecule has 1 heterocycles. The number of benzene rings is 1. The maximum absolute atomic E-state index is 6.20.